The molecule has 0 bridgehead atoms. The van der Waals surface area contributed by atoms with Crippen LogP contribution in [-0.2, 0) is 23.1 Å². The van der Waals surface area contributed by atoms with E-state index in [-0.39, 0.29) is 17.1 Å². The highest BCUT2D eigenvalue weighted by Crippen LogP contribution is 2.55. The van der Waals surface area contributed by atoms with Crippen LogP contribution in [0.15, 0.2) is 11.1 Å². The van der Waals surface area contributed by atoms with Gasteiger partial charge < -0.3 is 25.8 Å². The first-order valence-electron chi connectivity index (χ1n) is 12.3. The molecule has 39 heavy (non-hydrogen) atoms. The second-order valence-corrected chi connectivity index (χ2v) is 12.9. The van der Waals surface area contributed by atoms with E-state index in [9.17, 15) is 29.5 Å². The second-order valence-electron chi connectivity index (χ2n) is 11.0. The third-order valence-corrected chi connectivity index (χ3v) is 8.44. The van der Waals surface area contributed by atoms with Crippen molar-refractivity contribution in [3.63, 3.8) is 0 Å². The molecule has 1 saturated heterocycles. The number of ether oxygens (including phenoxy) is 1. The van der Waals surface area contributed by atoms with E-state index < -0.39 is 65.7 Å². The Morgan fingerprint density at radius 1 is 1.44 bits per heavy atom. The number of nitrogens with two attached hydrogens (primary N) is 2. The molecule has 2 aromatic heterocycles. The SMILES string of the molecule is CCCC(C)C(OP(N)(=O)OC(O)[C@H]1O[C@@H](n2cnc3c(=O)[nH]c(N)nc32)[C@](C)(O)[C@@H]1O)(C(=O)S)C(C)(C)C. The summed E-state index contributed by atoms with van der Waals surface area (Å²) >= 11 is 4.02. The van der Waals surface area contributed by atoms with Gasteiger partial charge in [0.25, 0.3) is 5.56 Å². The summed E-state index contributed by atoms with van der Waals surface area (Å²) in [6, 6.07) is 0. The number of nitrogen functional groups attached to an aromatic ring is 1. The molecule has 15 nitrogen and oxygen atoms in total. The fourth-order valence-electron chi connectivity index (χ4n) is 5.13. The van der Waals surface area contributed by atoms with Crippen molar-refractivity contribution < 1.29 is 38.5 Å². The number of aliphatic hydroxyl groups excluding tert-OH is 2. The summed E-state index contributed by atoms with van der Waals surface area (Å²) in [5.41, 5.74) is 5.85. The van der Waals surface area contributed by atoms with E-state index >= 15 is 0 Å². The normalized spacial score (nSPS) is 28.6. The monoisotopic (exact) mass is 592 g/mol. The van der Waals surface area contributed by atoms with Crippen LogP contribution in [0.1, 0.15) is 60.6 Å². The van der Waals surface area contributed by atoms with E-state index in [2.05, 4.69) is 27.6 Å². The largest absolute Gasteiger partial charge is 0.406 e. The second kappa shape index (κ2) is 10.8. The molecular weight excluding hydrogens is 555 g/mol. The Hall–Kier alpha value is -1.88. The van der Waals surface area contributed by atoms with Gasteiger partial charge in [-0.05, 0) is 24.7 Å². The number of hydrogen-bond donors (Lipinski definition) is 7. The van der Waals surface area contributed by atoms with Gasteiger partial charge in [-0.25, -0.2) is 15.1 Å². The van der Waals surface area contributed by atoms with Crippen LogP contribution in [0.5, 0.6) is 0 Å². The van der Waals surface area contributed by atoms with Gasteiger partial charge in [0.15, 0.2) is 29.3 Å². The third kappa shape index (κ3) is 5.67. The van der Waals surface area contributed by atoms with Crippen LogP contribution < -0.4 is 16.8 Å². The van der Waals surface area contributed by atoms with Crippen LogP contribution in [0.3, 0.4) is 0 Å². The average Bonchev–Trinajstić information content (AvgIpc) is 3.29. The van der Waals surface area contributed by atoms with Gasteiger partial charge in [-0.1, -0.05) is 41.0 Å². The number of carbonyl (C=O) groups is 1. The van der Waals surface area contributed by atoms with Crippen molar-refractivity contribution in [3.8, 4) is 0 Å². The zero-order chi connectivity index (χ0) is 29.7. The van der Waals surface area contributed by atoms with Crippen molar-refractivity contribution >= 4 is 42.6 Å². The lowest BCUT2D eigenvalue weighted by Crippen LogP contribution is -2.55. The number of anilines is 1. The van der Waals surface area contributed by atoms with Crippen LogP contribution in [-0.4, -0.2) is 69.7 Å². The number of carbonyl (C=O) groups excluding carboxylic acids is 1. The fraction of sp³-hybridized carbons (Fsp3) is 0.727. The molecule has 0 radical (unpaired) electrons. The highest BCUT2D eigenvalue weighted by atomic mass is 32.1. The van der Waals surface area contributed by atoms with Crippen molar-refractivity contribution in [1.82, 2.24) is 19.5 Å². The summed E-state index contributed by atoms with van der Waals surface area (Å²) in [4.78, 5) is 35.2. The summed E-state index contributed by atoms with van der Waals surface area (Å²) < 4.78 is 31.1. The molecule has 220 valence electrons. The Morgan fingerprint density at radius 3 is 2.59 bits per heavy atom. The van der Waals surface area contributed by atoms with Crippen molar-refractivity contribution in [2.75, 3.05) is 5.73 Å². The number of imidazole rings is 1. The van der Waals surface area contributed by atoms with Crippen molar-refractivity contribution in [1.29, 1.82) is 0 Å². The molecule has 1 aliphatic heterocycles. The Bertz CT molecular complexity index is 1330. The molecule has 1 aliphatic rings. The van der Waals surface area contributed by atoms with E-state index in [1.54, 1.807) is 27.7 Å². The minimum atomic E-state index is -4.74. The maximum atomic E-state index is 13.4. The lowest BCUT2D eigenvalue weighted by Gasteiger charge is -2.46. The first-order valence-corrected chi connectivity index (χ1v) is 14.3. The standard InChI is InChI=1S/C22H37N6O9PS/c1-7-8-10(2)22(18(32)39,20(3,4)5)37-38(24,34)36-16(31)12-13(29)21(6,33)17(35-12)28-9-25-11-14(28)26-19(23)27-15(11)30/h9-10,12-13,16-17,29,31,33H,7-8H2,1-6H3,(H2,24,34)(H,32,39)(H3,23,26,27,30)/t10?,12-,13+,16?,17+,21+,22?,38?/m0/s1. The molecule has 4 unspecified atom stereocenters. The molecule has 3 heterocycles. The minimum Gasteiger partial charge on any atom is -0.387 e. The topological polar surface area (TPSA) is 238 Å². The van der Waals surface area contributed by atoms with Gasteiger partial charge in [-0.3, -0.25) is 28.2 Å². The maximum absolute atomic E-state index is 13.4. The number of aromatic nitrogens is 4. The molecule has 1 fully saturated rings. The van der Waals surface area contributed by atoms with Crippen LogP contribution >= 0.6 is 20.4 Å². The number of fused-ring (bicyclic) bond motifs is 1. The Balaban J connectivity index is 1.92. The number of aromatic amines is 1. The Morgan fingerprint density at radius 2 is 2.05 bits per heavy atom. The predicted octanol–water partition coefficient (Wildman–Crippen LogP) is 0.807. The number of nitrogens with one attached hydrogen (secondary N) is 1. The highest BCUT2D eigenvalue weighted by Gasteiger charge is 2.59. The molecule has 0 aliphatic carbocycles. The third-order valence-electron chi connectivity index (χ3n) is 7.05. The van der Waals surface area contributed by atoms with Crippen molar-refractivity contribution in [2.45, 2.75) is 90.3 Å². The van der Waals surface area contributed by atoms with Gasteiger partial charge in [-0.15, -0.1) is 12.6 Å². The van der Waals surface area contributed by atoms with Crippen LogP contribution in [0.2, 0.25) is 0 Å². The molecule has 0 saturated carbocycles. The van der Waals surface area contributed by atoms with Crippen LogP contribution in [0.4, 0.5) is 5.95 Å². The summed E-state index contributed by atoms with van der Waals surface area (Å²) in [7, 11) is -4.74. The number of hydrogen-bond acceptors (Lipinski definition) is 12. The number of rotatable bonds is 10. The lowest BCUT2D eigenvalue weighted by molar-refractivity contribution is -0.169. The van der Waals surface area contributed by atoms with Gasteiger partial charge in [-0.2, -0.15) is 4.98 Å². The van der Waals surface area contributed by atoms with E-state index in [1.807, 2.05) is 6.92 Å². The summed E-state index contributed by atoms with van der Waals surface area (Å²) in [5, 5.41) is 32.0. The fourth-order valence-corrected chi connectivity index (χ4v) is 7.21. The molecule has 2 aromatic rings. The number of thiol groups is 1. The Kier molecular flexibility index (Phi) is 8.79. The van der Waals surface area contributed by atoms with E-state index in [0.29, 0.717) is 12.8 Å². The maximum Gasteiger partial charge on any atom is 0.406 e. The van der Waals surface area contributed by atoms with Gasteiger partial charge >= 0.3 is 7.75 Å². The van der Waals surface area contributed by atoms with Gasteiger partial charge in [0.05, 0.1) is 6.33 Å². The van der Waals surface area contributed by atoms with E-state index in [1.165, 1.54) is 6.92 Å². The summed E-state index contributed by atoms with van der Waals surface area (Å²) in [6.45, 7) is 9.91. The van der Waals surface area contributed by atoms with Crippen LogP contribution in [0.25, 0.3) is 11.2 Å². The van der Waals surface area contributed by atoms with Crippen molar-refractivity contribution in [3.05, 3.63) is 16.7 Å². The quantitative estimate of drug-likeness (QED) is 0.115. The first-order chi connectivity index (χ1) is 17.8. The minimum absolute atomic E-state index is 0.0650. The molecule has 0 spiro atoms. The molecule has 0 amide bonds. The van der Waals surface area contributed by atoms with E-state index in [4.69, 9.17) is 25.0 Å². The molecule has 0 aromatic carbocycles. The van der Waals surface area contributed by atoms with Crippen molar-refractivity contribution in [2.24, 2.45) is 16.8 Å². The number of aliphatic hydroxyl groups is 3. The van der Waals surface area contributed by atoms with Crippen LogP contribution in [0, 0.1) is 11.3 Å². The molecular formula is C22H37N6O9PS. The molecule has 8 atom stereocenters. The summed E-state index contributed by atoms with van der Waals surface area (Å²) in [6.07, 6.45) is -4.88. The molecule has 8 N–H and O–H groups in total. The highest BCUT2D eigenvalue weighted by molar-refractivity contribution is 7.96. The van der Waals surface area contributed by atoms with E-state index in [0.717, 1.165) is 10.9 Å². The molecule has 17 heteroatoms. The van der Waals surface area contributed by atoms with Gasteiger partial charge in [0, 0.05) is 0 Å². The summed E-state index contributed by atoms with van der Waals surface area (Å²) in [5.74, 6) is -0.729. The first kappa shape index (κ1) is 31.6. The zero-order valence-corrected chi connectivity index (χ0v) is 24.3. The smallest absolute Gasteiger partial charge is 0.387 e. The number of nitrogens with zero attached hydrogens (tertiary/aromatic N) is 3. The van der Waals surface area contributed by atoms with Gasteiger partial charge in [0.1, 0.15) is 17.8 Å². The zero-order valence-electron chi connectivity index (χ0n) is 22.6. The number of H-pyrrole nitrogens is 1. The van der Waals surface area contributed by atoms with Gasteiger partial charge in [0.2, 0.25) is 11.1 Å². The predicted molar refractivity (Wildman–Crippen MR) is 143 cm³/mol. The Labute approximate surface area is 230 Å². The average molecular weight is 593 g/mol. The lowest BCUT2D eigenvalue weighted by atomic mass is 9.69. The molecule has 3 rings (SSSR count).